The van der Waals surface area contributed by atoms with Gasteiger partial charge < -0.3 is 9.64 Å². The van der Waals surface area contributed by atoms with Crippen molar-refractivity contribution in [1.29, 1.82) is 0 Å². The molecule has 4 nitrogen and oxygen atoms in total. The molecule has 0 N–H and O–H groups in total. The molecule has 1 amide bonds. The fraction of sp³-hybridized carbons (Fsp3) is 0.611. The molecule has 4 rings (SSSR count). The van der Waals surface area contributed by atoms with Gasteiger partial charge in [0.15, 0.2) is 0 Å². The van der Waals surface area contributed by atoms with E-state index in [0.29, 0.717) is 12.0 Å². The maximum absolute atomic E-state index is 12.9. The van der Waals surface area contributed by atoms with Crippen molar-refractivity contribution in [3.63, 3.8) is 0 Å². The van der Waals surface area contributed by atoms with Crippen LogP contribution in [0.4, 0.5) is 0 Å². The summed E-state index contributed by atoms with van der Waals surface area (Å²) in [6.07, 6.45) is 3.67. The van der Waals surface area contributed by atoms with Crippen LogP contribution in [0.3, 0.4) is 0 Å². The molecule has 3 saturated heterocycles. The maximum Gasteiger partial charge on any atom is 0.254 e. The van der Waals surface area contributed by atoms with E-state index in [1.165, 1.54) is 19.3 Å². The van der Waals surface area contributed by atoms with Crippen LogP contribution in [0.15, 0.2) is 24.3 Å². The van der Waals surface area contributed by atoms with Gasteiger partial charge in [-0.1, -0.05) is 13.0 Å². The van der Waals surface area contributed by atoms with Crippen molar-refractivity contribution >= 4 is 5.91 Å². The Morgan fingerprint density at radius 3 is 2.91 bits per heavy atom. The molecule has 0 aliphatic carbocycles. The van der Waals surface area contributed by atoms with Gasteiger partial charge in [-0.05, 0) is 49.9 Å². The Labute approximate surface area is 133 Å². The Balaban J connectivity index is 1.76. The maximum atomic E-state index is 12.9. The van der Waals surface area contributed by atoms with E-state index in [1.54, 1.807) is 7.11 Å². The summed E-state index contributed by atoms with van der Waals surface area (Å²) in [7, 11) is 1.64. The highest BCUT2D eigenvalue weighted by Gasteiger charge is 2.36. The summed E-state index contributed by atoms with van der Waals surface area (Å²) in [6.45, 7) is 6.31. The first-order valence-corrected chi connectivity index (χ1v) is 8.38. The van der Waals surface area contributed by atoms with Crippen molar-refractivity contribution in [2.24, 2.45) is 5.92 Å². The van der Waals surface area contributed by atoms with Crippen LogP contribution in [0.25, 0.3) is 0 Å². The van der Waals surface area contributed by atoms with Crippen LogP contribution in [-0.2, 0) is 0 Å². The summed E-state index contributed by atoms with van der Waals surface area (Å²) in [6, 6.07) is 8.04. The highest BCUT2D eigenvalue weighted by Crippen LogP contribution is 2.29. The Hall–Kier alpha value is -1.55. The standard InChI is InChI=1S/C18H26N2O2/c1-3-9-19-11-14-7-8-16(19)13-20(12-14)18(21)15-5-4-6-17(10-15)22-2/h4-6,10,14,16H,3,7-9,11-13H2,1-2H3/t14-,16-/m1/s1. The molecule has 0 saturated carbocycles. The van der Waals surface area contributed by atoms with Crippen molar-refractivity contribution in [2.75, 3.05) is 33.3 Å². The number of hydrogen-bond acceptors (Lipinski definition) is 3. The van der Waals surface area contributed by atoms with Crippen LogP contribution >= 0.6 is 0 Å². The fourth-order valence-corrected chi connectivity index (χ4v) is 3.84. The molecule has 0 aromatic heterocycles. The smallest absolute Gasteiger partial charge is 0.254 e. The number of benzene rings is 1. The number of nitrogens with zero attached hydrogens (tertiary/aromatic N) is 2. The fourth-order valence-electron chi connectivity index (χ4n) is 3.84. The van der Waals surface area contributed by atoms with Crippen molar-refractivity contribution in [3.05, 3.63) is 29.8 Å². The highest BCUT2D eigenvalue weighted by molar-refractivity contribution is 5.94. The average molecular weight is 302 g/mol. The number of rotatable bonds is 4. The molecular formula is C18H26N2O2. The van der Waals surface area contributed by atoms with Gasteiger partial charge in [-0.15, -0.1) is 0 Å². The van der Waals surface area contributed by atoms with Crippen LogP contribution in [-0.4, -0.2) is 55.0 Å². The number of carbonyl (C=O) groups excluding carboxylic acids is 1. The van der Waals surface area contributed by atoms with Gasteiger partial charge >= 0.3 is 0 Å². The zero-order valence-electron chi connectivity index (χ0n) is 13.6. The minimum atomic E-state index is 0.147. The van der Waals surface area contributed by atoms with Gasteiger partial charge in [0, 0.05) is 31.2 Å². The van der Waals surface area contributed by atoms with Gasteiger partial charge in [0.25, 0.3) is 5.91 Å². The van der Waals surface area contributed by atoms with E-state index in [2.05, 4.69) is 16.7 Å². The second-order valence-electron chi connectivity index (χ2n) is 6.53. The lowest BCUT2D eigenvalue weighted by Gasteiger charge is -2.35. The van der Waals surface area contributed by atoms with Gasteiger partial charge in [0.2, 0.25) is 0 Å². The normalized spacial score (nSPS) is 25.1. The molecule has 3 heterocycles. The predicted molar refractivity (Wildman–Crippen MR) is 87.3 cm³/mol. The first-order chi connectivity index (χ1) is 10.7. The highest BCUT2D eigenvalue weighted by atomic mass is 16.5. The molecule has 22 heavy (non-hydrogen) atoms. The molecule has 0 radical (unpaired) electrons. The van der Waals surface area contributed by atoms with Crippen LogP contribution in [0.5, 0.6) is 5.75 Å². The Bertz CT molecular complexity index is 532. The molecule has 3 aliphatic heterocycles. The number of methoxy groups -OCH3 is 1. The SMILES string of the molecule is CCCN1C[C@H]2CC[C@@H]1CN(C(=O)c1cccc(OC)c1)C2. The number of fused-ring (bicyclic) bond motifs is 4. The van der Waals surface area contributed by atoms with Crippen molar-refractivity contribution in [3.8, 4) is 5.75 Å². The van der Waals surface area contributed by atoms with Gasteiger partial charge in [-0.25, -0.2) is 0 Å². The third kappa shape index (κ3) is 3.12. The summed E-state index contributed by atoms with van der Waals surface area (Å²) in [4.78, 5) is 17.5. The summed E-state index contributed by atoms with van der Waals surface area (Å²) < 4.78 is 5.24. The minimum absolute atomic E-state index is 0.147. The molecular weight excluding hydrogens is 276 g/mol. The van der Waals surface area contributed by atoms with Crippen LogP contribution < -0.4 is 4.74 Å². The largest absolute Gasteiger partial charge is 0.497 e. The van der Waals surface area contributed by atoms with E-state index < -0.39 is 0 Å². The lowest BCUT2D eigenvalue weighted by atomic mass is 9.95. The van der Waals surface area contributed by atoms with Gasteiger partial charge in [0.1, 0.15) is 5.75 Å². The monoisotopic (exact) mass is 302 g/mol. The predicted octanol–water partition coefficient (Wildman–Crippen LogP) is 2.64. The van der Waals surface area contributed by atoms with E-state index in [9.17, 15) is 4.79 Å². The third-order valence-corrected chi connectivity index (χ3v) is 4.94. The number of hydrogen-bond donors (Lipinski definition) is 0. The van der Waals surface area contributed by atoms with Gasteiger partial charge in [0.05, 0.1) is 7.11 Å². The van der Waals surface area contributed by atoms with E-state index in [4.69, 9.17) is 4.74 Å². The van der Waals surface area contributed by atoms with Gasteiger partial charge in [-0.2, -0.15) is 0 Å². The quantitative estimate of drug-likeness (QED) is 0.857. The van der Waals surface area contributed by atoms with Gasteiger partial charge in [-0.3, -0.25) is 9.69 Å². The lowest BCUT2D eigenvalue weighted by Crippen LogP contribution is -2.44. The molecule has 4 heteroatoms. The third-order valence-electron chi connectivity index (χ3n) is 4.94. The molecule has 1 aromatic carbocycles. The first kappa shape index (κ1) is 15.3. The number of ether oxygens (including phenoxy) is 1. The van der Waals surface area contributed by atoms with Crippen molar-refractivity contribution in [1.82, 2.24) is 9.80 Å². The lowest BCUT2D eigenvalue weighted by molar-refractivity contribution is 0.0737. The molecule has 1 aromatic rings. The first-order valence-electron chi connectivity index (χ1n) is 8.38. The summed E-state index contributed by atoms with van der Waals surface area (Å²) >= 11 is 0. The molecule has 3 aliphatic rings. The molecule has 3 fully saturated rings. The topological polar surface area (TPSA) is 32.8 Å². The number of carbonyl (C=O) groups is 1. The molecule has 2 atom stereocenters. The summed E-state index contributed by atoms with van der Waals surface area (Å²) in [5.41, 5.74) is 0.739. The molecule has 120 valence electrons. The Morgan fingerprint density at radius 1 is 1.27 bits per heavy atom. The second kappa shape index (κ2) is 6.69. The van der Waals surface area contributed by atoms with E-state index in [1.807, 2.05) is 24.3 Å². The zero-order valence-corrected chi connectivity index (χ0v) is 13.6. The second-order valence-corrected chi connectivity index (χ2v) is 6.53. The van der Waals surface area contributed by atoms with Crippen LogP contribution in [0.1, 0.15) is 36.5 Å². The van der Waals surface area contributed by atoms with E-state index in [0.717, 1.165) is 37.5 Å². The van der Waals surface area contributed by atoms with E-state index in [-0.39, 0.29) is 5.91 Å². The molecule has 2 bridgehead atoms. The average Bonchev–Trinajstić information content (AvgIpc) is 2.86. The number of piperidine rings is 1. The minimum Gasteiger partial charge on any atom is -0.497 e. The summed E-state index contributed by atoms with van der Waals surface area (Å²) in [5.74, 6) is 1.52. The van der Waals surface area contributed by atoms with E-state index >= 15 is 0 Å². The molecule has 0 spiro atoms. The van der Waals surface area contributed by atoms with Crippen LogP contribution in [0.2, 0.25) is 0 Å². The van der Waals surface area contributed by atoms with Crippen molar-refractivity contribution < 1.29 is 9.53 Å². The zero-order chi connectivity index (χ0) is 15.5. The number of amides is 1. The Kier molecular flexibility index (Phi) is 4.67. The Morgan fingerprint density at radius 2 is 2.14 bits per heavy atom. The van der Waals surface area contributed by atoms with Crippen LogP contribution in [0, 0.1) is 5.92 Å². The summed E-state index contributed by atoms with van der Waals surface area (Å²) in [5, 5.41) is 0. The van der Waals surface area contributed by atoms with Crippen molar-refractivity contribution in [2.45, 2.75) is 32.2 Å². The molecule has 0 unspecified atom stereocenters.